The molecule has 17 heavy (non-hydrogen) atoms. The van der Waals surface area contributed by atoms with E-state index in [1.807, 2.05) is 0 Å². The van der Waals surface area contributed by atoms with Gasteiger partial charge in [-0.25, -0.2) is 4.79 Å². The van der Waals surface area contributed by atoms with Gasteiger partial charge >= 0.3 is 18.0 Å². The summed E-state index contributed by atoms with van der Waals surface area (Å²) in [6.07, 6.45) is -0.275. The van der Waals surface area contributed by atoms with E-state index in [1.165, 1.54) is 0 Å². The Hall–Kier alpha value is -1.83. The number of carbonyl (C=O) groups is 3. The number of carboxylic acid groups (broad SMARTS) is 3. The average molecular weight is 248 g/mol. The minimum Gasteiger partial charge on any atom is -0.480 e. The number of rotatable bonds is 8. The van der Waals surface area contributed by atoms with E-state index in [9.17, 15) is 14.4 Å². The molecule has 0 aliphatic carbocycles. The molecule has 1 unspecified atom stereocenters. The summed E-state index contributed by atoms with van der Waals surface area (Å²) in [5.74, 6) is -2.33. The molecule has 0 aromatic rings. The highest BCUT2D eigenvalue weighted by Crippen LogP contribution is 2.02. The Morgan fingerprint density at radius 1 is 1.12 bits per heavy atom. The Labute approximate surface area is 97.6 Å². The second-order valence-corrected chi connectivity index (χ2v) is 3.54. The Balaban J connectivity index is 3.87. The van der Waals surface area contributed by atoms with Crippen LogP contribution in [0.5, 0.6) is 0 Å². The van der Waals surface area contributed by atoms with E-state index in [2.05, 4.69) is 0 Å². The highest BCUT2D eigenvalue weighted by Gasteiger charge is 2.15. The summed E-state index contributed by atoms with van der Waals surface area (Å²) in [5, 5.41) is 25.6. The summed E-state index contributed by atoms with van der Waals surface area (Å²) in [4.78, 5) is 32.1. The molecule has 0 saturated heterocycles. The van der Waals surface area contributed by atoms with Gasteiger partial charge in [0, 0.05) is 6.54 Å². The van der Waals surface area contributed by atoms with E-state index in [0.29, 0.717) is 12.8 Å². The molecule has 0 aromatic heterocycles. The van der Waals surface area contributed by atoms with Gasteiger partial charge in [0.1, 0.15) is 12.6 Å². The van der Waals surface area contributed by atoms with Crippen molar-refractivity contribution in [2.24, 2.45) is 5.73 Å². The Morgan fingerprint density at radius 3 is 2.12 bits per heavy atom. The molecule has 0 saturated carbocycles. The van der Waals surface area contributed by atoms with Crippen molar-refractivity contribution in [1.82, 2.24) is 4.90 Å². The van der Waals surface area contributed by atoms with Crippen molar-refractivity contribution < 1.29 is 29.7 Å². The molecule has 1 atom stereocenters. The van der Waals surface area contributed by atoms with Crippen LogP contribution in [-0.4, -0.2) is 57.4 Å². The van der Waals surface area contributed by atoms with Gasteiger partial charge in [0.05, 0.1) is 0 Å². The second kappa shape index (κ2) is 7.44. The van der Waals surface area contributed by atoms with Crippen LogP contribution in [0.15, 0.2) is 0 Å². The molecule has 1 amide bonds. The molecule has 0 aliphatic heterocycles. The monoisotopic (exact) mass is 248 g/mol. The smallest absolute Gasteiger partial charge is 0.407 e. The normalized spacial score (nSPS) is 11.8. The number of nitrogens with two attached hydrogens (primary N) is 1. The first-order valence-corrected chi connectivity index (χ1v) is 5.02. The largest absolute Gasteiger partial charge is 0.480 e. The number of unbranched alkanes of at least 4 members (excludes halogenated alkanes) is 1. The Morgan fingerprint density at radius 2 is 1.71 bits per heavy atom. The van der Waals surface area contributed by atoms with E-state index in [1.54, 1.807) is 0 Å². The zero-order valence-corrected chi connectivity index (χ0v) is 9.20. The van der Waals surface area contributed by atoms with E-state index >= 15 is 0 Å². The SMILES string of the molecule is NC(CCCCN(CC(=O)O)C(=O)O)C(=O)O. The zero-order valence-electron chi connectivity index (χ0n) is 9.20. The summed E-state index contributed by atoms with van der Waals surface area (Å²) in [6, 6.07) is -0.965. The third kappa shape index (κ3) is 7.12. The van der Waals surface area contributed by atoms with Gasteiger partial charge in [0.25, 0.3) is 0 Å². The van der Waals surface area contributed by atoms with Crippen LogP contribution in [-0.2, 0) is 9.59 Å². The molecule has 0 bridgehead atoms. The second-order valence-electron chi connectivity index (χ2n) is 3.54. The maximum absolute atomic E-state index is 10.6. The van der Waals surface area contributed by atoms with Crippen LogP contribution in [0.1, 0.15) is 19.3 Å². The van der Waals surface area contributed by atoms with Crippen LogP contribution in [0.25, 0.3) is 0 Å². The lowest BCUT2D eigenvalue weighted by Gasteiger charge is -2.16. The predicted molar refractivity (Wildman–Crippen MR) is 56.7 cm³/mol. The van der Waals surface area contributed by atoms with Gasteiger partial charge in [0.2, 0.25) is 0 Å². The summed E-state index contributed by atoms with van der Waals surface area (Å²) < 4.78 is 0. The number of amides is 1. The van der Waals surface area contributed by atoms with Crippen LogP contribution in [0.3, 0.4) is 0 Å². The quantitative estimate of drug-likeness (QED) is 0.429. The number of aliphatic carboxylic acids is 2. The van der Waals surface area contributed by atoms with Gasteiger partial charge < -0.3 is 21.1 Å². The zero-order chi connectivity index (χ0) is 13.4. The fraction of sp³-hybridized carbons (Fsp3) is 0.667. The van der Waals surface area contributed by atoms with Crippen LogP contribution < -0.4 is 5.73 Å². The first kappa shape index (κ1) is 15.2. The minimum atomic E-state index is -1.31. The van der Waals surface area contributed by atoms with Crippen molar-refractivity contribution in [1.29, 1.82) is 0 Å². The molecule has 0 heterocycles. The van der Waals surface area contributed by atoms with Gasteiger partial charge in [-0.05, 0) is 19.3 Å². The summed E-state index contributed by atoms with van der Waals surface area (Å²) in [6.45, 7) is -0.533. The standard InChI is InChI=1S/C9H16N2O6/c10-6(8(14)15)3-1-2-4-11(9(16)17)5-7(12)13/h6H,1-5,10H2,(H,12,13)(H,14,15)(H,16,17). The summed E-state index contributed by atoms with van der Waals surface area (Å²) >= 11 is 0. The van der Waals surface area contributed by atoms with Gasteiger partial charge in [0.15, 0.2) is 0 Å². The molecule has 0 rings (SSSR count). The van der Waals surface area contributed by atoms with E-state index < -0.39 is 30.6 Å². The van der Waals surface area contributed by atoms with Crippen LogP contribution in [0, 0.1) is 0 Å². The van der Waals surface area contributed by atoms with Crippen LogP contribution in [0.4, 0.5) is 4.79 Å². The van der Waals surface area contributed by atoms with Crippen molar-refractivity contribution in [3.05, 3.63) is 0 Å². The lowest BCUT2D eigenvalue weighted by Crippen LogP contribution is -2.35. The summed E-state index contributed by atoms with van der Waals surface area (Å²) in [7, 11) is 0. The Bertz CT molecular complexity index is 293. The van der Waals surface area contributed by atoms with Gasteiger partial charge in [-0.3, -0.25) is 14.5 Å². The van der Waals surface area contributed by atoms with Crippen molar-refractivity contribution in [2.75, 3.05) is 13.1 Å². The topological polar surface area (TPSA) is 141 Å². The first-order valence-electron chi connectivity index (χ1n) is 5.02. The number of hydrogen-bond acceptors (Lipinski definition) is 4. The Kier molecular flexibility index (Phi) is 6.64. The van der Waals surface area contributed by atoms with Crippen LogP contribution in [0.2, 0.25) is 0 Å². The third-order valence-electron chi connectivity index (χ3n) is 2.11. The van der Waals surface area contributed by atoms with Crippen molar-refractivity contribution >= 4 is 18.0 Å². The maximum atomic E-state index is 10.6. The lowest BCUT2D eigenvalue weighted by molar-refractivity contribution is -0.139. The molecular weight excluding hydrogens is 232 g/mol. The average Bonchev–Trinajstić information content (AvgIpc) is 2.21. The third-order valence-corrected chi connectivity index (χ3v) is 2.11. The van der Waals surface area contributed by atoms with E-state index in [-0.39, 0.29) is 13.0 Å². The van der Waals surface area contributed by atoms with Gasteiger partial charge in [-0.2, -0.15) is 0 Å². The van der Waals surface area contributed by atoms with Crippen LogP contribution >= 0.6 is 0 Å². The number of nitrogens with zero attached hydrogens (tertiary/aromatic N) is 1. The first-order chi connectivity index (χ1) is 7.84. The fourth-order valence-electron chi connectivity index (χ4n) is 1.20. The molecule has 98 valence electrons. The molecule has 8 heteroatoms. The van der Waals surface area contributed by atoms with Crippen molar-refractivity contribution in [2.45, 2.75) is 25.3 Å². The maximum Gasteiger partial charge on any atom is 0.407 e. The molecule has 0 spiro atoms. The minimum absolute atomic E-state index is 0.0496. The molecule has 0 radical (unpaired) electrons. The molecule has 0 aliphatic rings. The molecule has 8 nitrogen and oxygen atoms in total. The highest BCUT2D eigenvalue weighted by molar-refractivity contribution is 5.75. The molecule has 5 N–H and O–H groups in total. The van der Waals surface area contributed by atoms with Gasteiger partial charge in [-0.1, -0.05) is 0 Å². The van der Waals surface area contributed by atoms with Crippen molar-refractivity contribution in [3.63, 3.8) is 0 Å². The van der Waals surface area contributed by atoms with Gasteiger partial charge in [-0.15, -0.1) is 0 Å². The number of hydrogen-bond donors (Lipinski definition) is 4. The highest BCUT2D eigenvalue weighted by atomic mass is 16.4. The fourth-order valence-corrected chi connectivity index (χ4v) is 1.20. The molecule has 0 fully saturated rings. The predicted octanol–water partition coefficient (Wildman–Crippen LogP) is -0.367. The van der Waals surface area contributed by atoms with Crippen molar-refractivity contribution in [3.8, 4) is 0 Å². The van der Waals surface area contributed by atoms with E-state index in [0.717, 1.165) is 4.90 Å². The number of carboxylic acids is 2. The molecule has 0 aromatic carbocycles. The van der Waals surface area contributed by atoms with E-state index in [4.69, 9.17) is 21.1 Å². The molecular formula is C9H16N2O6. The lowest BCUT2D eigenvalue weighted by atomic mass is 10.1. The summed E-state index contributed by atoms with van der Waals surface area (Å²) in [5.41, 5.74) is 5.25.